The fraction of sp³-hybridized carbons (Fsp3) is 0.500. The van der Waals surface area contributed by atoms with E-state index in [9.17, 15) is 9.59 Å². The zero-order valence-electron chi connectivity index (χ0n) is 14.0. The molecule has 0 spiro atoms. The highest BCUT2D eigenvalue weighted by molar-refractivity contribution is 5.93. The quantitative estimate of drug-likeness (QED) is 0.884. The number of rotatable bonds is 3. The summed E-state index contributed by atoms with van der Waals surface area (Å²) in [7, 11) is 1.87. The maximum atomic E-state index is 12.6. The molecule has 0 radical (unpaired) electrons. The van der Waals surface area contributed by atoms with Gasteiger partial charge in [-0.3, -0.25) is 19.4 Å². The van der Waals surface area contributed by atoms with Crippen LogP contribution in [0.4, 0.5) is 0 Å². The highest BCUT2D eigenvalue weighted by Gasteiger charge is 2.28. The maximum absolute atomic E-state index is 12.6. The number of carboxylic acid groups (broad SMARTS) is 1. The Morgan fingerprint density at radius 3 is 2.50 bits per heavy atom. The Morgan fingerprint density at radius 2 is 1.96 bits per heavy atom. The van der Waals surface area contributed by atoms with Gasteiger partial charge in [0.2, 0.25) is 0 Å². The SMILES string of the molecule is Cc1nn(C)c(C)c1-c1cc(C(=O)N2CCC(C(=O)O)CC2)[nH]n1. The number of amides is 1. The molecule has 1 aliphatic heterocycles. The van der Waals surface area contributed by atoms with E-state index in [4.69, 9.17) is 5.11 Å². The maximum Gasteiger partial charge on any atom is 0.306 e. The first-order valence-corrected chi connectivity index (χ1v) is 7.96. The fourth-order valence-electron chi connectivity index (χ4n) is 3.20. The van der Waals surface area contributed by atoms with Crippen LogP contribution in [0.5, 0.6) is 0 Å². The van der Waals surface area contributed by atoms with Crippen LogP contribution in [0.25, 0.3) is 11.3 Å². The molecule has 8 heteroatoms. The molecular formula is C16H21N5O3. The van der Waals surface area contributed by atoms with E-state index in [1.807, 2.05) is 20.9 Å². The molecule has 0 aliphatic carbocycles. The minimum absolute atomic E-state index is 0.142. The first kappa shape index (κ1) is 16.2. The van der Waals surface area contributed by atoms with Gasteiger partial charge in [-0.05, 0) is 32.8 Å². The molecular weight excluding hydrogens is 310 g/mol. The van der Waals surface area contributed by atoms with Gasteiger partial charge in [-0.25, -0.2) is 0 Å². The Kier molecular flexibility index (Phi) is 4.13. The number of hydrogen-bond donors (Lipinski definition) is 2. The van der Waals surface area contributed by atoms with Crippen molar-refractivity contribution in [2.45, 2.75) is 26.7 Å². The van der Waals surface area contributed by atoms with Gasteiger partial charge in [0.25, 0.3) is 5.91 Å². The van der Waals surface area contributed by atoms with E-state index in [0.717, 1.165) is 17.0 Å². The number of aryl methyl sites for hydroxylation is 2. The molecule has 0 aromatic carbocycles. The Hall–Kier alpha value is -2.64. The molecule has 2 N–H and O–H groups in total. The first-order chi connectivity index (χ1) is 11.4. The molecule has 1 saturated heterocycles. The molecule has 0 saturated carbocycles. The Morgan fingerprint density at radius 1 is 1.29 bits per heavy atom. The number of H-pyrrole nitrogens is 1. The number of carboxylic acids is 1. The van der Waals surface area contributed by atoms with Crippen molar-refractivity contribution in [3.63, 3.8) is 0 Å². The fourth-order valence-corrected chi connectivity index (χ4v) is 3.20. The zero-order valence-corrected chi connectivity index (χ0v) is 14.0. The Balaban J connectivity index is 1.76. The van der Waals surface area contributed by atoms with E-state index in [1.165, 1.54) is 0 Å². The lowest BCUT2D eigenvalue weighted by molar-refractivity contribution is -0.143. The summed E-state index contributed by atoms with van der Waals surface area (Å²) in [5, 5.41) is 20.5. The second kappa shape index (κ2) is 6.10. The molecule has 1 fully saturated rings. The lowest BCUT2D eigenvalue weighted by Gasteiger charge is -2.29. The molecule has 0 unspecified atom stereocenters. The van der Waals surface area contributed by atoms with Gasteiger partial charge in [0.15, 0.2) is 0 Å². The summed E-state index contributed by atoms with van der Waals surface area (Å²) >= 11 is 0. The third-order valence-electron chi connectivity index (χ3n) is 4.70. The van der Waals surface area contributed by atoms with Crippen molar-refractivity contribution < 1.29 is 14.7 Å². The second-order valence-corrected chi connectivity index (χ2v) is 6.24. The molecule has 0 bridgehead atoms. The van der Waals surface area contributed by atoms with Crippen molar-refractivity contribution in [3.8, 4) is 11.3 Å². The minimum atomic E-state index is -0.784. The Bertz CT molecular complexity index is 784. The molecule has 1 aliphatic rings. The average molecular weight is 331 g/mol. The highest BCUT2D eigenvalue weighted by Crippen LogP contribution is 2.26. The number of nitrogens with zero attached hydrogens (tertiary/aromatic N) is 4. The number of carbonyl (C=O) groups is 2. The van der Waals surface area contributed by atoms with Gasteiger partial charge < -0.3 is 10.0 Å². The third kappa shape index (κ3) is 2.79. The van der Waals surface area contributed by atoms with E-state index >= 15 is 0 Å². The molecule has 128 valence electrons. The topological polar surface area (TPSA) is 104 Å². The average Bonchev–Trinajstić information content (AvgIpc) is 3.12. The van der Waals surface area contributed by atoms with Crippen LogP contribution in [0.15, 0.2) is 6.07 Å². The van der Waals surface area contributed by atoms with Crippen LogP contribution < -0.4 is 0 Å². The summed E-state index contributed by atoms with van der Waals surface area (Å²) in [5.41, 5.74) is 3.89. The molecule has 1 amide bonds. The predicted octanol–water partition coefficient (Wildman–Crippen LogP) is 1.36. The van der Waals surface area contributed by atoms with Crippen LogP contribution in [0.2, 0.25) is 0 Å². The van der Waals surface area contributed by atoms with Crippen molar-refractivity contribution >= 4 is 11.9 Å². The number of piperidine rings is 1. The van der Waals surface area contributed by atoms with Crippen LogP contribution >= 0.6 is 0 Å². The van der Waals surface area contributed by atoms with Crippen LogP contribution in [0.3, 0.4) is 0 Å². The number of aliphatic carboxylic acids is 1. The molecule has 0 atom stereocenters. The number of hydrogen-bond acceptors (Lipinski definition) is 4. The van der Waals surface area contributed by atoms with Gasteiger partial charge in [-0.15, -0.1) is 0 Å². The van der Waals surface area contributed by atoms with Gasteiger partial charge in [0.1, 0.15) is 5.69 Å². The largest absolute Gasteiger partial charge is 0.481 e. The van der Waals surface area contributed by atoms with Crippen LogP contribution in [-0.4, -0.2) is 55.0 Å². The van der Waals surface area contributed by atoms with Gasteiger partial charge in [-0.2, -0.15) is 10.2 Å². The number of aromatic nitrogens is 4. The van der Waals surface area contributed by atoms with Crippen LogP contribution in [0.1, 0.15) is 34.7 Å². The zero-order chi connectivity index (χ0) is 17.4. The molecule has 3 rings (SSSR count). The molecule has 8 nitrogen and oxygen atoms in total. The summed E-state index contributed by atoms with van der Waals surface area (Å²) in [5.74, 6) is -1.28. The van der Waals surface area contributed by atoms with E-state index in [1.54, 1.807) is 15.6 Å². The van der Waals surface area contributed by atoms with Gasteiger partial charge in [0.05, 0.1) is 17.3 Å². The molecule has 3 heterocycles. The van der Waals surface area contributed by atoms with Gasteiger partial charge in [0, 0.05) is 31.4 Å². The van der Waals surface area contributed by atoms with Crippen molar-refractivity contribution in [2.75, 3.05) is 13.1 Å². The monoisotopic (exact) mass is 331 g/mol. The number of carbonyl (C=O) groups excluding carboxylic acids is 1. The van der Waals surface area contributed by atoms with E-state index in [-0.39, 0.29) is 11.8 Å². The van der Waals surface area contributed by atoms with Gasteiger partial charge >= 0.3 is 5.97 Å². The van der Waals surface area contributed by atoms with Crippen molar-refractivity contribution in [2.24, 2.45) is 13.0 Å². The van der Waals surface area contributed by atoms with Crippen LogP contribution in [0, 0.1) is 19.8 Å². The van der Waals surface area contributed by atoms with Crippen LogP contribution in [-0.2, 0) is 11.8 Å². The lowest BCUT2D eigenvalue weighted by Crippen LogP contribution is -2.40. The molecule has 24 heavy (non-hydrogen) atoms. The van der Waals surface area contributed by atoms with E-state index in [2.05, 4.69) is 15.3 Å². The predicted molar refractivity (Wildman–Crippen MR) is 86.5 cm³/mol. The van der Waals surface area contributed by atoms with Crippen molar-refractivity contribution in [3.05, 3.63) is 23.1 Å². The molecule has 2 aromatic rings. The Labute approximate surface area is 139 Å². The summed E-state index contributed by atoms with van der Waals surface area (Å²) in [6, 6.07) is 1.74. The summed E-state index contributed by atoms with van der Waals surface area (Å²) in [6.45, 7) is 4.78. The smallest absolute Gasteiger partial charge is 0.306 e. The summed E-state index contributed by atoms with van der Waals surface area (Å²) < 4.78 is 1.79. The number of nitrogens with one attached hydrogen (secondary N) is 1. The third-order valence-corrected chi connectivity index (χ3v) is 4.70. The minimum Gasteiger partial charge on any atom is -0.481 e. The standard InChI is InChI=1S/C16H21N5O3/c1-9-14(10(2)20(3)19-9)12-8-13(18-17-12)15(22)21-6-4-11(5-7-21)16(23)24/h8,11H,4-7H2,1-3H3,(H,17,18)(H,23,24). The number of likely N-dealkylation sites (tertiary alicyclic amines) is 1. The van der Waals surface area contributed by atoms with Crippen molar-refractivity contribution in [1.82, 2.24) is 24.9 Å². The van der Waals surface area contributed by atoms with E-state index < -0.39 is 5.97 Å². The van der Waals surface area contributed by atoms with E-state index in [0.29, 0.717) is 37.3 Å². The number of aromatic amines is 1. The first-order valence-electron chi connectivity index (χ1n) is 7.96. The summed E-state index contributed by atoms with van der Waals surface area (Å²) in [6.07, 6.45) is 0.978. The normalized spacial score (nSPS) is 15.7. The highest BCUT2D eigenvalue weighted by atomic mass is 16.4. The lowest BCUT2D eigenvalue weighted by atomic mass is 9.97. The molecule has 2 aromatic heterocycles. The van der Waals surface area contributed by atoms with Crippen molar-refractivity contribution in [1.29, 1.82) is 0 Å². The van der Waals surface area contributed by atoms with Gasteiger partial charge in [-0.1, -0.05) is 0 Å². The second-order valence-electron chi connectivity index (χ2n) is 6.24. The summed E-state index contributed by atoms with van der Waals surface area (Å²) in [4.78, 5) is 25.3.